The van der Waals surface area contributed by atoms with E-state index in [1.807, 2.05) is 13.1 Å². The average molecular weight is 247 g/mol. The lowest BCUT2D eigenvalue weighted by molar-refractivity contribution is 0.177. The second kappa shape index (κ2) is 5.81. The molecule has 0 aromatic carbocycles. The predicted molar refractivity (Wildman–Crippen MR) is 74.7 cm³/mol. The Hall–Kier alpha value is -0.930. The van der Waals surface area contributed by atoms with Crippen molar-refractivity contribution in [3.8, 4) is 0 Å². The summed E-state index contributed by atoms with van der Waals surface area (Å²) >= 11 is 0. The van der Waals surface area contributed by atoms with Gasteiger partial charge in [0.2, 0.25) is 0 Å². The second-order valence-corrected chi connectivity index (χ2v) is 6.05. The van der Waals surface area contributed by atoms with Crippen LogP contribution in [0, 0.1) is 24.7 Å². The number of pyridine rings is 1. The number of aryl methyl sites for hydroxylation is 1. The number of rotatable bonds is 3. The minimum atomic E-state index is 0.261. The number of hydrazine groups is 1. The molecule has 1 aromatic rings. The molecule has 3 unspecified atom stereocenters. The molecule has 0 amide bonds. The molecule has 2 rings (SSSR count). The van der Waals surface area contributed by atoms with Gasteiger partial charge in [-0.25, -0.2) is 0 Å². The van der Waals surface area contributed by atoms with Gasteiger partial charge < -0.3 is 0 Å². The van der Waals surface area contributed by atoms with E-state index < -0.39 is 0 Å². The maximum absolute atomic E-state index is 5.81. The monoisotopic (exact) mass is 247 g/mol. The molecule has 0 spiro atoms. The quantitative estimate of drug-likeness (QED) is 0.638. The highest BCUT2D eigenvalue weighted by atomic mass is 15.2. The molecule has 0 saturated heterocycles. The molecule has 3 nitrogen and oxygen atoms in total. The van der Waals surface area contributed by atoms with Crippen molar-refractivity contribution in [1.29, 1.82) is 0 Å². The van der Waals surface area contributed by atoms with Crippen molar-refractivity contribution < 1.29 is 0 Å². The molecule has 1 heterocycles. The Morgan fingerprint density at radius 2 is 1.94 bits per heavy atom. The standard InChI is InChI=1S/C15H25N3/c1-10-6-11(2)8-14(7-10)15(18-16)13-4-5-17-12(3)9-13/h4-5,9-11,14-15,18H,6-8,16H2,1-3H3. The summed E-state index contributed by atoms with van der Waals surface area (Å²) < 4.78 is 0. The van der Waals surface area contributed by atoms with Gasteiger partial charge in [0.05, 0.1) is 0 Å². The molecule has 1 saturated carbocycles. The minimum Gasteiger partial charge on any atom is -0.271 e. The van der Waals surface area contributed by atoms with Gasteiger partial charge in [0.1, 0.15) is 0 Å². The Morgan fingerprint density at radius 3 is 2.50 bits per heavy atom. The Bertz CT molecular complexity index is 381. The molecule has 1 aliphatic carbocycles. The molecule has 3 heteroatoms. The largest absolute Gasteiger partial charge is 0.271 e. The smallest absolute Gasteiger partial charge is 0.0489 e. The molecule has 3 N–H and O–H groups in total. The van der Waals surface area contributed by atoms with Crippen LogP contribution in [0.25, 0.3) is 0 Å². The fraction of sp³-hybridized carbons (Fsp3) is 0.667. The zero-order valence-corrected chi connectivity index (χ0v) is 11.7. The number of nitrogens with zero attached hydrogens (tertiary/aromatic N) is 1. The van der Waals surface area contributed by atoms with Gasteiger partial charge in [-0.2, -0.15) is 0 Å². The van der Waals surface area contributed by atoms with E-state index in [1.54, 1.807) is 0 Å². The lowest BCUT2D eigenvalue weighted by atomic mass is 9.72. The van der Waals surface area contributed by atoms with Gasteiger partial charge in [-0.1, -0.05) is 13.8 Å². The third-order valence-electron chi connectivity index (χ3n) is 4.15. The van der Waals surface area contributed by atoms with Crippen molar-refractivity contribution in [3.63, 3.8) is 0 Å². The van der Waals surface area contributed by atoms with Crippen LogP contribution in [0.3, 0.4) is 0 Å². The summed E-state index contributed by atoms with van der Waals surface area (Å²) in [5.41, 5.74) is 5.36. The van der Waals surface area contributed by atoms with Crippen LogP contribution < -0.4 is 11.3 Å². The molecule has 3 atom stereocenters. The summed E-state index contributed by atoms with van der Waals surface area (Å²) in [5, 5.41) is 0. The first-order chi connectivity index (χ1) is 8.60. The third kappa shape index (κ3) is 3.09. The van der Waals surface area contributed by atoms with E-state index in [0.29, 0.717) is 5.92 Å². The number of hydrogen-bond acceptors (Lipinski definition) is 3. The fourth-order valence-electron chi connectivity index (χ4n) is 3.55. The molecule has 18 heavy (non-hydrogen) atoms. The lowest BCUT2D eigenvalue weighted by Gasteiger charge is -2.36. The minimum absolute atomic E-state index is 0.261. The Balaban J connectivity index is 2.17. The van der Waals surface area contributed by atoms with E-state index in [0.717, 1.165) is 17.5 Å². The van der Waals surface area contributed by atoms with Crippen molar-refractivity contribution in [2.24, 2.45) is 23.6 Å². The number of nitrogens with two attached hydrogens (primary N) is 1. The number of aromatic nitrogens is 1. The lowest BCUT2D eigenvalue weighted by Crippen LogP contribution is -2.37. The van der Waals surface area contributed by atoms with Crippen LogP contribution in [0.5, 0.6) is 0 Å². The topological polar surface area (TPSA) is 50.9 Å². The molecular formula is C15H25N3. The first-order valence-electron chi connectivity index (χ1n) is 6.98. The molecule has 1 aromatic heterocycles. The van der Waals surface area contributed by atoms with E-state index in [-0.39, 0.29) is 6.04 Å². The van der Waals surface area contributed by atoms with Gasteiger partial charge in [-0.3, -0.25) is 16.3 Å². The highest BCUT2D eigenvalue weighted by Crippen LogP contribution is 2.39. The summed E-state index contributed by atoms with van der Waals surface area (Å²) in [7, 11) is 0. The van der Waals surface area contributed by atoms with Crippen LogP contribution in [-0.4, -0.2) is 4.98 Å². The Labute approximate surface area is 110 Å². The Morgan fingerprint density at radius 1 is 1.28 bits per heavy atom. The van der Waals surface area contributed by atoms with Crippen LogP contribution in [0.4, 0.5) is 0 Å². The zero-order chi connectivity index (χ0) is 13.1. The second-order valence-electron chi connectivity index (χ2n) is 6.05. The zero-order valence-electron chi connectivity index (χ0n) is 11.7. The SMILES string of the molecule is Cc1cc(C(NN)C2CC(C)CC(C)C2)ccn1. The van der Waals surface area contributed by atoms with Gasteiger partial charge in [0.25, 0.3) is 0 Å². The van der Waals surface area contributed by atoms with Crippen molar-refractivity contribution >= 4 is 0 Å². The summed E-state index contributed by atoms with van der Waals surface area (Å²) in [6, 6.07) is 4.49. The van der Waals surface area contributed by atoms with Crippen molar-refractivity contribution in [2.75, 3.05) is 0 Å². The van der Waals surface area contributed by atoms with Crippen LogP contribution >= 0.6 is 0 Å². The van der Waals surface area contributed by atoms with Gasteiger partial charge in [0, 0.05) is 17.9 Å². The molecule has 1 fully saturated rings. The normalized spacial score (nSPS) is 30.1. The van der Waals surface area contributed by atoms with Crippen LogP contribution in [0.15, 0.2) is 18.3 Å². The summed E-state index contributed by atoms with van der Waals surface area (Å²) in [5.74, 6) is 8.05. The van der Waals surface area contributed by atoms with Crippen LogP contribution in [0.1, 0.15) is 50.4 Å². The van der Waals surface area contributed by atoms with E-state index in [1.165, 1.54) is 24.8 Å². The maximum Gasteiger partial charge on any atom is 0.0489 e. The first-order valence-corrected chi connectivity index (χ1v) is 6.98. The number of nitrogens with one attached hydrogen (secondary N) is 1. The van der Waals surface area contributed by atoms with Gasteiger partial charge in [-0.15, -0.1) is 0 Å². The highest BCUT2D eigenvalue weighted by molar-refractivity contribution is 5.20. The van der Waals surface area contributed by atoms with E-state index in [9.17, 15) is 0 Å². The molecular weight excluding hydrogens is 222 g/mol. The van der Waals surface area contributed by atoms with Gasteiger partial charge in [0.15, 0.2) is 0 Å². The van der Waals surface area contributed by atoms with Crippen LogP contribution in [-0.2, 0) is 0 Å². The number of hydrogen-bond donors (Lipinski definition) is 2. The fourth-order valence-corrected chi connectivity index (χ4v) is 3.55. The van der Waals surface area contributed by atoms with E-state index in [2.05, 4.69) is 36.4 Å². The van der Waals surface area contributed by atoms with E-state index in [4.69, 9.17) is 5.84 Å². The Kier molecular flexibility index (Phi) is 4.36. The molecule has 0 aliphatic heterocycles. The predicted octanol–water partition coefficient (Wildman–Crippen LogP) is 2.97. The van der Waals surface area contributed by atoms with E-state index >= 15 is 0 Å². The average Bonchev–Trinajstić information content (AvgIpc) is 2.28. The molecule has 0 bridgehead atoms. The van der Waals surface area contributed by atoms with Gasteiger partial charge in [-0.05, 0) is 61.6 Å². The summed E-state index contributed by atoms with van der Waals surface area (Å²) in [4.78, 5) is 4.26. The summed E-state index contributed by atoms with van der Waals surface area (Å²) in [6.45, 7) is 6.74. The molecule has 100 valence electrons. The first kappa shape index (κ1) is 13.5. The molecule has 1 aliphatic rings. The van der Waals surface area contributed by atoms with Gasteiger partial charge >= 0.3 is 0 Å². The third-order valence-corrected chi connectivity index (χ3v) is 4.15. The summed E-state index contributed by atoms with van der Waals surface area (Å²) in [6.07, 6.45) is 5.76. The van der Waals surface area contributed by atoms with Crippen molar-refractivity contribution in [2.45, 2.75) is 46.1 Å². The van der Waals surface area contributed by atoms with Crippen molar-refractivity contribution in [1.82, 2.24) is 10.4 Å². The molecule has 0 radical (unpaired) electrons. The maximum atomic E-state index is 5.81. The van der Waals surface area contributed by atoms with Crippen molar-refractivity contribution in [3.05, 3.63) is 29.6 Å². The van der Waals surface area contributed by atoms with Crippen LogP contribution in [0.2, 0.25) is 0 Å². The highest BCUT2D eigenvalue weighted by Gasteiger charge is 2.30.